The largest absolute Gasteiger partial charge is 0.497 e. The van der Waals surface area contributed by atoms with Gasteiger partial charge in [0.2, 0.25) is 15.2 Å². The number of hydrogen-bond donors (Lipinski definition) is 1. The summed E-state index contributed by atoms with van der Waals surface area (Å²) in [6, 6.07) is 13.8. The van der Waals surface area contributed by atoms with Crippen LogP contribution in [0.1, 0.15) is 11.4 Å². The van der Waals surface area contributed by atoms with Crippen LogP contribution in [0.3, 0.4) is 0 Å². The maximum atomic E-state index is 12.4. The second kappa shape index (κ2) is 9.53. The molecule has 2 aromatic carbocycles. The Morgan fingerprint density at radius 3 is 2.48 bits per heavy atom. The van der Waals surface area contributed by atoms with E-state index in [1.54, 1.807) is 12.1 Å². The zero-order chi connectivity index (χ0) is 20.9. The van der Waals surface area contributed by atoms with E-state index in [-0.39, 0.29) is 11.4 Å². The van der Waals surface area contributed by atoms with Gasteiger partial charge in [-0.1, -0.05) is 23.7 Å². The first kappa shape index (κ1) is 21.5. The van der Waals surface area contributed by atoms with Crippen molar-refractivity contribution in [3.05, 3.63) is 64.9 Å². The van der Waals surface area contributed by atoms with Gasteiger partial charge in [0.25, 0.3) is 0 Å². The van der Waals surface area contributed by atoms with Crippen molar-refractivity contribution >= 4 is 38.3 Å². The molecule has 0 aliphatic heterocycles. The molecule has 0 bridgehead atoms. The van der Waals surface area contributed by atoms with Gasteiger partial charge in [0.1, 0.15) is 11.6 Å². The number of benzene rings is 2. The minimum atomic E-state index is -3.58. The van der Waals surface area contributed by atoms with Gasteiger partial charge in [0.15, 0.2) is 0 Å². The van der Waals surface area contributed by atoms with Crippen LogP contribution in [0.15, 0.2) is 53.4 Å². The fourth-order valence-corrected chi connectivity index (χ4v) is 4.35. The molecule has 3 aromatic rings. The van der Waals surface area contributed by atoms with E-state index in [0.717, 1.165) is 16.5 Å². The van der Waals surface area contributed by atoms with Crippen molar-refractivity contribution in [3.63, 3.8) is 0 Å². The molecule has 1 N–H and O–H groups in total. The first-order chi connectivity index (χ1) is 13.9. The van der Waals surface area contributed by atoms with E-state index in [2.05, 4.69) is 14.1 Å². The average molecular weight is 453 g/mol. The molecule has 1 heterocycles. The summed E-state index contributed by atoms with van der Waals surface area (Å²) in [5, 5.41) is 1.43. The van der Waals surface area contributed by atoms with Crippen LogP contribution < -0.4 is 14.4 Å². The number of anilines is 1. The topological polar surface area (TPSA) is 84.4 Å². The van der Waals surface area contributed by atoms with Gasteiger partial charge in [-0.15, -0.1) is 0 Å². The summed E-state index contributed by atoms with van der Waals surface area (Å²) >= 11 is 7.19. The maximum absolute atomic E-state index is 12.4. The Morgan fingerprint density at radius 1 is 1.14 bits per heavy atom. The molecule has 0 saturated carbocycles. The Labute approximate surface area is 179 Å². The highest BCUT2D eigenvalue weighted by Crippen LogP contribution is 2.19. The molecular formula is C19H21ClN4O3S2. The van der Waals surface area contributed by atoms with Crippen LogP contribution in [-0.2, 0) is 16.4 Å². The zero-order valence-corrected chi connectivity index (χ0v) is 18.4. The molecule has 0 radical (unpaired) electrons. The number of ether oxygens (including phenoxy) is 1. The van der Waals surface area contributed by atoms with E-state index in [4.69, 9.17) is 16.3 Å². The van der Waals surface area contributed by atoms with Gasteiger partial charge in [-0.2, -0.15) is 4.37 Å². The monoisotopic (exact) mass is 452 g/mol. The number of methoxy groups -OCH3 is 1. The van der Waals surface area contributed by atoms with E-state index in [1.807, 2.05) is 36.2 Å². The standard InChI is InChI=1S/C19H21ClN4O3S2/c1-24(12-11-21-29(25,26)17-9-7-16(27-2)8-10-17)19-22-18(23-28-19)13-14-3-5-15(20)6-4-14/h3-10,21H,11-13H2,1-2H3. The van der Waals surface area contributed by atoms with Crippen molar-refractivity contribution in [2.24, 2.45) is 0 Å². The average Bonchev–Trinajstić information content (AvgIpc) is 3.18. The summed E-state index contributed by atoms with van der Waals surface area (Å²) in [6.07, 6.45) is 0.617. The fraction of sp³-hybridized carbons (Fsp3) is 0.263. The summed E-state index contributed by atoms with van der Waals surface area (Å²) in [6.45, 7) is 0.710. The van der Waals surface area contributed by atoms with Gasteiger partial charge in [0, 0.05) is 43.1 Å². The van der Waals surface area contributed by atoms with Gasteiger partial charge in [-0.3, -0.25) is 0 Å². The second-order valence-corrected chi connectivity index (χ2v) is 9.22. The molecule has 0 saturated heterocycles. The SMILES string of the molecule is COc1ccc(S(=O)(=O)NCCN(C)c2nc(Cc3ccc(Cl)cc3)ns2)cc1. The molecule has 0 aliphatic rings. The van der Waals surface area contributed by atoms with Crippen molar-refractivity contribution in [3.8, 4) is 5.75 Å². The number of sulfonamides is 1. The molecule has 29 heavy (non-hydrogen) atoms. The Hall–Kier alpha value is -2.20. The number of aromatic nitrogens is 2. The van der Waals surface area contributed by atoms with E-state index >= 15 is 0 Å². The molecule has 10 heteroatoms. The lowest BCUT2D eigenvalue weighted by atomic mass is 10.1. The highest BCUT2D eigenvalue weighted by atomic mass is 35.5. The van der Waals surface area contributed by atoms with Crippen molar-refractivity contribution in [1.29, 1.82) is 0 Å². The molecule has 0 atom stereocenters. The van der Waals surface area contributed by atoms with Gasteiger partial charge >= 0.3 is 0 Å². The molecule has 0 aliphatic carbocycles. The Morgan fingerprint density at radius 2 is 1.83 bits per heavy atom. The normalized spacial score (nSPS) is 11.4. The van der Waals surface area contributed by atoms with Crippen LogP contribution in [0.25, 0.3) is 0 Å². The van der Waals surface area contributed by atoms with Gasteiger partial charge in [-0.25, -0.2) is 18.1 Å². The number of halogens is 1. The van der Waals surface area contributed by atoms with E-state index in [0.29, 0.717) is 23.7 Å². The van der Waals surface area contributed by atoms with Crippen LogP contribution in [0.5, 0.6) is 5.75 Å². The maximum Gasteiger partial charge on any atom is 0.240 e. The van der Waals surface area contributed by atoms with E-state index in [9.17, 15) is 8.42 Å². The molecular weight excluding hydrogens is 432 g/mol. The second-order valence-electron chi connectivity index (χ2n) is 6.29. The summed E-state index contributed by atoms with van der Waals surface area (Å²) < 4.78 is 36.8. The van der Waals surface area contributed by atoms with Crippen LogP contribution in [0, 0.1) is 0 Å². The number of likely N-dealkylation sites (N-methyl/N-ethyl adjacent to an activating group) is 1. The summed E-state index contributed by atoms with van der Waals surface area (Å²) in [4.78, 5) is 6.60. The van der Waals surface area contributed by atoms with E-state index < -0.39 is 10.0 Å². The third-order valence-electron chi connectivity index (χ3n) is 4.17. The third-order valence-corrected chi connectivity index (χ3v) is 6.77. The molecule has 0 fully saturated rings. The Balaban J connectivity index is 1.53. The number of rotatable bonds is 9. The van der Waals surface area contributed by atoms with E-state index in [1.165, 1.54) is 30.8 Å². The quantitative estimate of drug-likeness (QED) is 0.536. The minimum Gasteiger partial charge on any atom is -0.497 e. The van der Waals surface area contributed by atoms with Crippen LogP contribution in [0.4, 0.5) is 5.13 Å². The molecule has 0 amide bonds. The minimum absolute atomic E-state index is 0.196. The number of nitrogens with one attached hydrogen (secondary N) is 1. The predicted octanol–water partition coefficient (Wildman–Crippen LogP) is 3.21. The molecule has 3 rings (SSSR count). The number of hydrogen-bond acceptors (Lipinski definition) is 7. The fourth-order valence-electron chi connectivity index (χ4n) is 2.54. The van der Waals surface area contributed by atoms with Gasteiger partial charge in [0.05, 0.1) is 12.0 Å². The van der Waals surface area contributed by atoms with Crippen LogP contribution in [0.2, 0.25) is 5.02 Å². The van der Waals surface area contributed by atoms with Gasteiger partial charge < -0.3 is 9.64 Å². The molecule has 7 nitrogen and oxygen atoms in total. The first-order valence-electron chi connectivity index (χ1n) is 8.79. The summed E-state index contributed by atoms with van der Waals surface area (Å²) in [7, 11) is -0.189. The smallest absolute Gasteiger partial charge is 0.240 e. The third kappa shape index (κ3) is 5.89. The Kier molecular flexibility index (Phi) is 7.07. The zero-order valence-electron chi connectivity index (χ0n) is 16.0. The van der Waals surface area contributed by atoms with Crippen LogP contribution >= 0.6 is 23.1 Å². The number of nitrogens with zero attached hydrogens (tertiary/aromatic N) is 3. The molecule has 154 valence electrons. The highest BCUT2D eigenvalue weighted by Gasteiger charge is 2.15. The van der Waals surface area contributed by atoms with Crippen LogP contribution in [-0.4, -0.2) is 45.0 Å². The first-order valence-corrected chi connectivity index (χ1v) is 11.4. The Bertz CT molecular complexity index is 1040. The lowest BCUT2D eigenvalue weighted by Gasteiger charge is -2.15. The summed E-state index contributed by atoms with van der Waals surface area (Å²) in [5.74, 6) is 1.33. The van der Waals surface area contributed by atoms with Crippen molar-refractivity contribution in [2.45, 2.75) is 11.3 Å². The highest BCUT2D eigenvalue weighted by molar-refractivity contribution is 7.89. The van der Waals surface area contributed by atoms with Crippen molar-refractivity contribution in [1.82, 2.24) is 14.1 Å². The lowest BCUT2D eigenvalue weighted by molar-refractivity contribution is 0.414. The van der Waals surface area contributed by atoms with Crippen molar-refractivity contribution in [2.75, 3.05) is 32.1 Å². The molecule has 0 unspecified atom stereocenters. The van der Waals surface area contributed by atoms with Crippen molar-refractivity contribution < 1.29 is 13.2 Å². The molecule has 1 aromatic heterocycles. The predicted molar refractivity (Wildman–Crippen MR) is 116 cm³/mol. The molecule has 0 spiro atoms. The summed E-state index contributed by atoms with van der Waals surface area (Å²) in [5.41, 5.74) is 1.08. The van der Waals surface area contributed by atoms with Gasteiger partial charge in [-0.05, 0) is 42.0 Å². The lowest BCUT2D eigenvalue weighted by Crippen LogP contribution is -2.33.